The zero-order valence-electron chi connectivity index (χ0n) is 15.9. The highest BCUT2D eigenvalue weighted by atomic mass is 16.6. The first kappa shape index (κ1) is 17.7. The second-order valence-corrected chi connectivity index (χ2v) is 7.18. The third-order valence-electron chi connectivity index (χ3n) is 5.31. The molecule has 2 aliphatic rings. The van der Waals surface area contributed by atoms with Gasteiger partial charge in [-0.15, -0.1) is 10.2 Å². The Morgan fingerprint density at radius 2 is 2.14 bits per heavy atom. The van der Waals surface area contributed by atoms with Crippen LogP contribution in [0.2, 0.25) is 0 Å². The van der Waals surface area contributed by atoms with Crippen molar-refractivity contribution in [1.29, 1.82) is 0 Å². The first-order valence-electron chi connectivity index (χ1n) is 9.40. The first-order chi connectivity index (χ1) is 14.1. The summed E-state index contributed by atoms with van der Waals surface area (Å²) < 4.78 is 16.1. The number of fused-ring (bicyclic) bond motifs is 2. The van der Waals surface area contributed by atoms with Crippen LogP contribution in [-0.2, 0) is 33.1 Å². The average molecular weight is 393 g/mol. The number of anilines is 1. The van der Waals surface area contributed by atoms with Gasteiger partial charge in [-0.25, -0.2) is 0 Å². The third-order valence-corrected chi connectivity index (χ3v) is 5.31. The normalized spacial score (nSPS) is 20.2. The number of benzene rings is 1. The maximum atomic E-state index is 10.9. The second-order valence-electron chi connectivity index (χ2n) is 7.18. The number of nitrogens with zero attached hydrogens (tertiary/aromatic N) is 5. The van der Waals surface area contributed by atoms with Gasteiger partial charge in [-0.1, -0.05) is 29.4 Å². The minimum atomic E-state index is -0.411. The van der Waals surface area contributed by atoms with Crippen molar-refractivity contribution >= 4 is 11.8 Å². The molecule has 1 aromatic carbocycles. The molecule has 1 saturated heterocycles. The van der Waals surface area contributed by atoms with E-state index in [-0.39, 0.29) is 18.1 Å². The fourth-order valence-electron chi connectivity index (χ4n) is 3.89. The molecule has 1 spiro atoms. The van der Waals surface area contributed by atoms with Gasteiger partial charge < -0.3 is 18.9 Å². The monoisotopic (exact) mass is 393 g/mol. The molecule has 4 heterocycles. The van der Waals surface area contributed by atoms with Gasteiger partial charge in [0.05, 0.1) is 13.2 Å². The van der Waals surface area contributed by atoms with Crippen molar-refractivity contribution in [3.8, 4) is 11.5 Å². The van der Waals surface area contributed by atoms with E-state index in [1.807, 2.05) is 12.1 Å². The molecule has 9 heteroatoms. The lowest BCUT2D eigenvalue weighted by atomic mass is 9.92. The van der Waals surface area contributed by atoms with E-state index in [0.29, 0.717) is 18.1 Å². The van der Waals surface area contributed by atoms with E-state index in [2.05, 4.69) is 43.4 Å². The quantitative estimate of drug-likeness (QED) is 0.617. The first-order valence-corrected chi connectivity index (χ1v) is 9.40. The maximum Gasteiger partial charge on any atom is 0.303 e. The van der Waals surface area contributed by atoms with Gasteiger partial charge >= 0.3 is 5.97 Å². The number of hydrogen-bond acceptors (Lipinski definition) is 9. The van der Waals surface area contributed by atoms with Crippen LogP contribution in [-0.4, -0.2) is 39.4 Å². The van der Waals surface area contributed by atoms with Crippen LogP contribution in [0, 0.1) is 0 Å². The number of ether oxygens (including phenoxy) is 2. The van der Waals surface area contributed by atoms with Gasteiger partial charge in [0.1, 0.15) is 11.3 Å². The molecule has 0 bridgehead atoms. The van der Waals surface area contributed by atoms with E-state index in [0.717, 1.165) is 25.3 Å². The number of carbonyl (C=O) groups excluding carboxylic acids is 1. The van der Waals surface area contributed by atoms with Crippen LogP contribution in [0.3, 0.4) is 0 Å². The second kappa shape index (κ2) is 6.93. The SMILES string of the molecule is CC(=O)OCc1nc(-c2ccc(N3CCC4(C3)OCc3ccccc34)nn2)no1. The summed E-state index contributed by atoms with van der Waals surface area (Å²) in [4.78, 5) is 17.2. The number of carbonyl (C=O) groups is 1. The molecule has 2 aliphatic heterocycles. The van der Waals surface area contributed by atoms with Crippen LogP contribution in [0.25, 0.3) is 11.5 Å². The predicted molar refractivity (Wildman–Crippen MR) is 101 cm³/mol. The van der Waals surface area contributed by atoms with E-state index in [4.69, 9.17) is 14.0 Å². The van der Waals surface area contributed by atoms with E-state index in [9.17, 15) is 4.79 Å². The number of hydrogen-bond donors (Lipinski definition) is 0. The van der Waals surface area contributed by atoms with Crippen molar-refractivity contribution in [3.63, 3.8) is 0 Å². The molecule has 0 radical (unpaired) electrons. The van der Waals surface area contributed by atoms with Crippen LogP contribution in [0.5, 0.6) is 0 Å². The van der Waals surface area contributed by atoms with E-state index in [1.54, 1.807) is 6.07 Å². The Bertz CT molecular complexity index is 1050. The largest absolute Gasteiger partial charge is 0.456 e. The van der Waals surface area contributed by atoms with Crippen LogP contribution in [0.15, 0.2) is 40.9 Å². The Hall–Kier alpha value is -3.33. The minimum absolute atomic E-state index is 0.0643. The number of aromatic nitrogens is 4. The lowest BCUT2D eigenvalue weighted by Crippen LogP contribution is -2.31. The van der Waals surface area contributed by atoms with Crippen molar-refractivity contribution < 1.29 is 18.8 Å². The summed E-state index contributed by atoms with van der Waals surface area (Å²) in [6.45, 7) is 3.50. The molecule has 29 heavy (non-hydrogen) atoms. The smallest absolute Gasteiger partial charge is 0.303 e. The zero-order valence-corrected chi connectivity index (χ0v) is 15.9. The molecular formula is C20H19N5O4. The Balaban J connectivity index is 1.30. The van der Waals surface area contributed by atoms with Crippen molar-refractivity contribution in [1.82, 2.24) is 20.3 Å². The molecule has 3 aromatic rings. The van der Waals surface area contributed by atoms with Crippen LogP contribution < -0.4 is 4.90 Å². The molecular weight excluding hydrogens is 374 g/mol. The molecule has 9 nitrogen and oxygen atoms in total. The van der Waals surface area contributed by atoms with Crippen LogP contribution in [0.1, 0.15) is 30.4 Å². The third kappa shape index (κ3) is 3.23. The van der Waals surface area contributed by atoms with Gasteiger partial charge in [-0.2, -0.15) is 4.98 Å². The molecule has 148 valence electrons. The Kier molecular flexibility index (Phi) is 4.24. The number of esters is 1. The van der Waals surface area contributed by atoms with Crippen molar-refractivity contribution in [3.05, 3.63) is 53.4 Å². The maximum absolute atomic E-state index is 10.9. The summed E-state index contributed by atoms with van der Waals surface area (Å²) in [6.07, 6.45) is 0.914. The summed E-state index contributed by atoms with van der Waals surface area (Å²) in [5.41, 5.74) is 2.76. The summed E-state index contributed by atoms with van der Waals surface area (Å²) >= 11 is 0. The Labute approximate surface area is 166 Å². The Morgan fingerprint density at radius 3 is 2.97 bits per heavy atom. The standard InChI is InChI=1S/C20H19N5O4/c1-13(26)27-11-18-21-19(24-29-18)16-6-7-17(23-22-16)25-9-8-20(12-25)15-5-3-2-4-14(15)10-28-20/h2-7H,8-12H2,1H3. The summed E-state index contributed by atoms with van der Waals surface area (Å²) in [6, 6.07) is 12.1. The molecule has 1 fully saturated rings. The fraction of sp³-hybridized carbons (Fsp3) is 0.350. The van der Waals surface area contributed by atoms with Gasteiger partial charge in [-0.3, -0.25) is 4.79 Å². The summed E-state index contributed by atoms with van der Waals surface area (Å²) in [5, 5.41) is 12.4. The number of rotatable bonds is 4. The van der Waals surface area contributed by atoms with Gasteiger partial charge in [0.15, 0.2) is 12.4 Å². The van der Waals surface area contributed by atoms with Crippen molar-refractivity contribution in [2.45, 2.75) is 32.2 Å². The lowest BCUT2D eigenvalue weighted by Gasteiger charge is -2.25. The van der Waals surface area contributed by atoms with E-state index < -0.39 is 5.97 Å². The van der Waals surface area contributed by atoms with Gasteiger partial charge in [0, 0.05) is 13.5 Å². The van der Waals surface area contributed by atoms with Gasteiger partial charge in [0.25, 0.3) is 5.89 Å². The molecule has 0 aliphatic carbocycles. The lowest BCUT2D eigenvalue weighted by molar-refractivity contribution is -0.143. The molecule has 0 amide bonds. The van der Waals surface area contributed by atoms with Crippen molar-refractivity contribution in [2.24, 2.45) is 0 Å². The highest BCUT2D eigenvalue weighted by molar-refractivity contribution is 5.65. The average Bonchev–Trinajstić information content (AvgIpc) is 3.47. The van der Waals surface area contributed by atoms with Crippen LogP contribution in [0.4, 0.5) is 5.82 Å². The minimum Gasteiger partial charge on any atom is -0.456 e. The Morgan fingerprint density at radius 1 is 1.24 bits per heavy atom. The van der Waals surface area contributed by atoms with Gasteiger partial charge in [0.2, 0.25) is 5.82 Å². The highest BCUT2D eigenvalue weighted by Crippen LogP contribution is 2.44. The zero-order chi connectivity index (χ0) is 19.8. The molecule has 5 rings (SSSR count). The fourth-order valence-corrected chi connectivity index (χ4v) is 3.89. The molecule has 0 saturated carbocycles. The molecule has 2 aromatic heterocycles. The summed E-state index contributed by atoms with van der Waals surface area (Å²) in [7, 11) is 0. The van der Waals surface area contributed by atoms with E-state index >= 15 is 0 Å². The molecule has 0 N–H and O–H groups in total. The van der Waals surface area contributed by atoms with E-state index in [1.165, 1.54) is 18.1 Å². The van der Waals surface area contributed by atoms with Crippen molar-refractivity contribution in [2.75, 3.05) is 18.0 Å². The molecule has 1 unspecified atom stereocenters. The highest BCUT2D eigenvalue weighted by Gasteiger charge is 2.45. The molecule has 1 atom stereocenters. The predicted octanol–water partition coefficient (Wildman–Crippen LogP) is 2.23. The topological polar surface area (TPSA) is 103 Å². The van der Waals surface area contributed by atoms with Gasteiger partial charge in [-0.05, 0) is 29.7 Å². The van der Waals surface area contributed by atoms with Crippen LogP contribution >= 0.6 is 0 Å². The summed E-state index contributed by atoms with van der Waals surface area (Å²) in [5.74, 6) is 0.880.